The number of hydrogen-bond donors (Lipinski definition) is 0. The maximum Gasteiger partial charge on any atom is 0.231 e. The number of fused-ring (bicyclic) bond motifs is 2. The van der Waals surface area contributed by atoms with E-state index in [1.54, 1.807) is 0 Å². The number of hydrogen-bond acceptors (Lipinski definition) is 4. The molecule has 0 radical (unpaired) electrons. The summed E-state index contributed by atoms with van der Waals surface area (Å²) in [5.41, 5.74) is 3.90. The minimum Gasteiger partial charge on any atom is -0.454 e. The van der Waals surface area contributed by atoms with E-state index in [1.165, 1.54) is 41.8 Å². The molecule has 3 heterocycles. The van der Waals surface area contributed by atoms with E-state index in [-0.39, 0.29) is 0 Å². The highest BCUT2D eigenvalue weighted by Gasteiger charge is 2.31. The van der Waals surface area contributed by atoms with E-state index in [2.05, 4.69) is 35.2 Å². The van der Waals surface area contributed by atoms with Gasteiger partial charge in [0.2, 0.25) is 6.79 Å². The van der Waals surface area contributed by atoms with Crippen molar-refractivity contribution in [2.45, 2.75) is 38.1 Å². The van der Waals surface area contributed by atoms with E-state index in [0.717, 1.165) is 37.4 Å². The zero-order chi connectivity index (χ0) is 17.3. The van der Waals surface area contributed by atoms with Gasteiger partial charge in [-0.05, 0) is 49.3 Å². The standard InChI is InChI=1S/C22H24N2O2/c1-2-9-19(22-23-14-18-8-3-4-13-24(18)22)16(6-1)11-12-17-7-5-10-20-21(17)26-15-25-20/h1-2,5-7,9-10,18H,3-4,8,11-15H2. The number of para-hydroxylation sites is 1. The van der Waals surface area contributed by atoms with E-state index in [4.69, 9.17) is 14.5 Å². The number of aliphatic imine (C=N–C) groups is 1. The molecule has 0 N–H and O–H groups in total. The lowest BCUT2D eigenvalue weighted by atomic mass is 9.97. The lowest BCUT2D eigenvalue weighted by Gasteiger charge is -2.32. The Morgan fingerprint density at radius 3 is 2.85 bits per heavy atom. The van der Waals surface area contributed by atoms with Gasteiger partial charge in [-0.2, -0.15) is 0 Å². The van der Waals surface area contributed by atoms with Crippen molar-refractivity contribution in [3.8, 4) is 11.5 Å². The van der Waals surface area contributed by atoms with Gasteiger partial charge in [0.15, 0.2) is 11.5 Å². The van der Waals surface area contributed by atoms with Gasteiger partial charge in [-0.3, -0.25) is 4.99 Å². The summed E-state index contributed by atoms with van der Waals surface area (Å²) in [7, 11) is 0. The smallest absolute Gasteiger partial charge is 0.231 e. The summed E-state index contributed by atoms with van der Waals surface area (Å²) < 4.78 is 11.2. The van der Waals surface area contributed by atoms with Gasteiger partial charge in [0, 0.05) is 12.1 Å². The van der Waals surface area contributed by atoms with Crippen LogP contribution in [0, 0.1) is 0 Å². The molecule has 0 aliphatic carbocycles. The molecule has 0 aromatic heterocycles. The number of benzene rings is 2. The van der Waals surface area contributed by atoms with Gasteiger partial charge < -0.3 is 14.4 Å². The first-order chi connectivity index (χ1) is 12.9. The molecule has 1 atom stereocenters. The molecule has 1 saturated heterocycles. The SMILES string of the molecule is c1ccc(C2=NCC3CCCCN23)c(CCc2cccc3c2OCO3)c1. The van der Waals surface area contributed by atoms with Crippen molar-refractivity contribution in [1.82, 2.24) is 4.90 Å². The second-order valence-electron chi connectivity index (χ2n) is 7.32. The van der Waals surface area contributed by atoms with Crippen LogP contribution in [0.4, 0.5) is 0 Å². The van der Waals surface area contributed by atoms with Crippen LogP contribution in [0.1, 0.15) is 36.0 Å². The Balaban J connectivity index is 1.39. The summed E-state index contributed by atoms with van der Waals surface area (Å²) in [4.78, 5) is 7.46. The van der Waals surface area contributed by atoms with Crippen LogP contribution in [-0.2, 0) is 12.8 Å². The normalized spacial score (nSPS) is 20.8. The van der Waals surface area contributed by atoms with Crippen LogP contribution in [0.15, 0.2) is 47.5 Å². The molecule has 134 valence electrons. The molecule has 2 aromatic rings. The zero-order valence-corrected chi connectivity index (χ0v) is 15.0. The molecule has 0 saturated carbocycles. The Kier molecular flexibility index (Phi) is 4.04. The highest BCUT2D eigenvalue weighted by Crippen LogP contribution is 2.36. The minimum atomic E-state index is 0.329. The lowest BCUT2D eigenvalue weighted by Crippen LogP contribution is -2.40. The number of amidine groups is 1. The van der Waals surface area contributed by atoms with Crippen molar-refractivity contribution in [3.63, 3.8) is 0 Å². The zero-order valence-electron chi connectivity index (χ0n) is 15.0. The van der Waals surface area contributed by atoms with Gasteiger partial charge in [0.25, 0.3) is 0 Å². The van der Waals surface area contributed by atoms with Gasteiger partial charge in [0.05, 0.1) is 12.6 Å². The molecule has 0 bridgehead atoms. The second-order valence-corrected chi connectivity index (χ2v) is 7.32. The number of nitrogens with zero attached hydrogens (tertiary/aromatic N) is 2. The minimum absolute atomic E-state index is 0.329. The molecular weight excluding hydrogens is 324 g/mol. The van der Waals surface area contributed by atoms with Crippen molar-refractivity contribution >= 4 is 5.84 Å². The third-order valence-electron chi connectivity index (χ3n) is 5.75. The van der Waals surface area contributed by atoms with Crippen molar-refractivity contribution in [1.29, 1.82) is 0 Å². The largest absolute Gasteiger partial charge is 0.454 e. The summed E-state index contributed by atoms with van der Waals surface area (Å²) in [5, 5.41) is 0. The molecule has 3 aliphatic heterocycles. The molecule has 1 fully saturated rings. The van der Waals surface area contributed by atoms with E-state index < -0.39 is 0 Å². The maximum atomic E-state index is 5.66. The number of ether oxygens (including phenoxy) is 2. The van der Waals surface area contributed by atoms with Gasteiger partial charge in [-0.15, -0.1) is 0 Å². The van der Waals surface area contributed by atoms with E-state index in [1.807, 2.05) is 12.1 Å². The van der Waals surface area contributed by atoms with Crippen molar-refractivity contribution in [2.24, 2.45) is 4.99 Å². The molecule has 4 heteroatoms. The first-order valence-corrected chi connectivity index (χ1v) is 9.67. The molecule has 0 amide bonds. The predicted molar refractivity (Wildman–Crippen MR) is 102 cm³/mol. The average Bonchev–Trinajstić information content (AvgIpc) is 3.34. The van der Waals surface area contributed by atoms with E-state index >= 15 is 0 Å². The van der Waals surface area contributed by atoms with Crippen LogP contribution in [0.25, 0.3) is 0 Å². The number of piperidine rings is 1. The van der Waals surface area contributed by atoms with Crippen molar-refractivity contribution in [2.75, 3.05) is 19.9 Å². The molecule has 2 aromatic carbocycles. The van der Waals surface area contributed by atoms with Gasteiger partial charge in [0.1, 0.15) is 5.84 Å². The highest BCUT2D eigenvalue weighted by atomic mass is 16.7. The lowest BCUT2D eigenvalue weighted by molar-refractivity contribution is 0.173. The van der Waals surface area contributed by atoms with Gasteiger partial charge in [-0.25, -0.2) is 0 Å². The molecular formula is C22H24N2O2. The summed E-state index contributed by atoms with van der Waals surface area (Å²) >= 11 is 0. The molecule has 0 spiro atoms. The predicted octanol–water partition coefficient (Wildman–Crippen LogP) is 3.82. The average molecular weight is 348 g/mol. The Morgan fingerprint density at radius 2 is 1.85 bits per heavy atom. The molecule has 5 rings (SSSR count). The fourth-order valence-corrected chi connectivity index (χ4v) is 4.41. The van der Waals surface area contributed by atoms with Crippen LogP contribution in [0.5, 0.6) is 11.5 Å². The van der Waals surface area contributed by atoms with Crippen molar-refractivity contribution < 1.29 is 9.47 Å². The number of rotatable bonds is 4. The Hall–Kier alpha value is -2.49. The molecule has 26 heavy (non-hydrogen) atoms. The molecule has 1 unspecified atom stereocenters. The summed E-state index contributed by atoms with van der Waals surface area (Å²) in [6.45, 7) is 2.44. The van der Waals surface area contributed by atoms with Crippen LogP contribution < -0.4 is 9.47 Å². The van der Waals surface area contributed by atoms with E-state index in [9.17, 15) is 0 Å². The second kappa shape index (κ2) is 6.67. The summed E-state index contributed by atoms with van der Waals surface area (Å²) in [6.07, 6.45) is 5.83. The Morgan fingerprint density at radius 1 is 0.962 bits per heavy atom. The topological polar surface area (TPSA) is 34.1 Å². The Labute approximate surface area is 154 Å². The Bertz CT molecular complexity index is 846. The van der Waals surface area contributed by atoms with Crippen molar-refractivity contribution in [3.05, 3.63) is 59.2 Å². The number of aryl methyl sites for hydroxylation is 2. The highest BCUT2D eigenvalue weighted by molar-refractivity contribution is 6.01. The first kappa shape index (κ1) is 15.7. The van der Waals surface area contributed by atoms with Crippen LogP contribution in [-0.4, -0.2) is 36.7 Å². The summed E-state index contributed by atoms with van der Waals surface area (Å²) in [6, 6.07) is 15.5. The van der Waals surface area contributed by atoms with Gasteiger partial charge >= 0.3 is 0 Å². The van der Waals surface area contributed by atoms with Crippen LogP contribution >= 0.6 is 0 Å². The monoisotopic (exact) mass is 348 g/mol. The fraction of sp³-hybridized carbons (Fsp3) is 0.409. The third-order valence-corrected chi connectivity index (χ3v) is 5.75. The maximum absolute atomic E-state index is 5.66. The molecule has 4 nitrogen and oxygen atoms in total. The quantitative estimate of drug-likeness (QED) is 0.842. The fourth-order valence-electron chi connectivity index (χ4n) is 4.41. The first-order valence-electron chi connectivity index (χ1n) is 9.67. The summed E-state index contributed by atoms with van der Waals surface area (Å²) in [5.74, 6) is 2.99. The third kappa shape index (κ3) is 2.74. The van der Waals surface area contributed by atoms with Crippen LogP contribution in [0.2, 0.25) is 0 Å². The van der Waals surface area contributed by atoms with E-state index in [0.29, 0.717) is 12.8 Å². The molecule has 3 aliphatic rings. The van der Waals surface area contributed by atoms with Crippen LogP contribution in [0.3, 0.4) is 0 Å². The van der Waals surface area contributed by atoms with Gasteiger partial charge in [-0.1, -0.05) is 36.4 Å².